The molecule has 0 aliphatic heterocycles. The van der Waals surface area contributed by atoms with Crippen LogP contribution in [0.25, 0.3) is 0 Å². The van der Waals surface area contributed by atoms with Crippen LogP contribution >= 0.6 is 11.6 Å². The molecule has 146 valence electrons. The SMILES string of the molecule is C=CC(=Nc1c(C#N)cnn1C)c1cnc(Cl)c(NS(=O)(=O)c2cccnc2)c1. The number of sulfonamides is 1. The van der Waals surface area contributed by atoms with Gasteiger partial charge in [0.2, 0.25) is 0 Å². The van der Waals surface area contributed by atoms with Gasteiger partial charge < -0.3 is 0 Å². The Balaban J connectivity index is 2.02. The summed E-state index contributed by atoms with van der Waals surface area (Å²) in [4.78, 5) is 12.2. The quantitative estimate of drug-likeness (QED) is 0.476. The van der Waals surface area contributed by atoms with E-state index in [9.17, 15) is 13.7 Å². The predicted molar refractivity (Wildman–Crippen MR) is 109 cm³/mol. The van der Waals surface area contributed by atoms with Gasteiger partial charge in [-0.2, -0.15) is 10.4 Å². The summed E-state index contributed by atoms with van der Waals surface area (Å²) < 4.78 is 28.9. The Morgan fingerprint density at radius 3 is 2.86 bits per heavy atom. The Morgan fingerprint density at radius 2 is 2.21 bits per heavy atom. The molecule has 11 heteroatoms. The molecule has 0 amide bonds. The lowest BCUT2D eigenvalue weighted by Gasteiger charge is -2.11. The minimum Gasteiger partial charge on any atom is -0.276 e. The van der Waals surface area contributed by atoms with Crippen molar-refractivity contribution in [3.8, 4) is 6.07 Å². The Bertz CT molecular complexity index is 1240. The average Bonchev–Trinajstić information content (AvgIpc) is 3.07. The molecule has 3 aromatic rings. The number of nitrogens with one attached hydrogen (secondary N) is 1. The molecule has 0 fully saturated rings. The van der Waals surface area contributed by atoms with Gasteiger partial charge in [0.15, 0.2) is 11.0 Å². The Kier molecular flexibility index (Phi) is 5.72. The lowest BCUT2D eigenvalue weighted by atomic mass is 10.1. The summed E-state index contributed by atoms with van der Waals surface area (Å²) in [5.74, 6) is 0.329. The number of nitriles is 1. The maximum atomic E-state index is 12.6. The van der Waals surface area contributed by atoms with Crippen LogP contribution in [-0.4, -0.2) is 33.9 Å². The minimum atomic E-state index is -3.91. The highest BCUT2D eigenvalue weighted by Crippen LogP contribution is 2.25. The first-order valence-electron chi connectivity index (χ1n) is 8.07. The molecule has 0 aliphatic rings. The van der Waals surface area contributed by atoms with Crippen LogP contribution < -0.4 is 4.72 Å². The maximum absolute atomic E-state index is 12.6. The molecule has 9 nitrogen and oxygen atoms in total. The molecule has 0 spiro atoms. The van der Waals surface area contributed by atoms with Crippen LogP contribution in [0, 0.1) is 11.3 Å². The zero-order valence-corrected chi connectivity index (χ0v) is 16.7. The average molecular weight is 428 g/mol. The van der Waals surface area contributed by atoms with Crippen molar-refractivity contribution in [2.24, 2.45) is 12.0 Å². The van der Waals surface area contributed by atoms with Gasteiger partial charge in [-0.05, 0) is 24.3 Å². The highest BCUT2D eigenvalue weighted by molar-refractivity contribution is 7.92. The molecule has 0 aromatic carbocycles. The molecule has 0 bridgehead atoms. The standard InChI is InChI=1S/C18H14ClN7O2S/c1-3-15(24-18-13(8-20)10-23-26(18)2)12-7-16(17(19)22-9-12)25-29(27,28)14-5-4-6-21-11-14/h3-7,9-11,25H,1H2,2H3. The molecule has 0 saturated carbocycles. The second kappa shape index (κ2) is 8.22. The number of aryl methyl sites for hydroxylation is 1. The second-order valence-electron chi connectivity index (χ2n) is 5.68. The van der Waals surface area contributed by atoms with Crippen molar-refractivity contribution < 1.29 is 8.42 Å². The normalized spacial score (nSPS) is 11.7. The summed E-state index contributed by atoms with van der Waals surface area (Å²) in [6, 6.07) is 6.40. The largest absolute Gasteiger partial charge is 0.276 e. The molecule has 29 heavy (non-hydrogen) atoms. The lowest BCUT2D eigenvalue weighted by Crippen LogP contribution is -2.14. The molecule has 0 unspecified atom stereocenters. The summed E-state index contributed by atoms with van der Waals surface area (Å²) in [5.41, 5.74) is 1.15. The van der Waals surface area contributed by atoms with Gasteiger partial charge in [-0.1, -0.05) is 18.2 Å². The monoisotopic (exact) mass is 427 g/mol. The number of allylic oxidation sites excluding steroid dienone is 1. The fraction of sp³-hybridized carbons (Fsp3) is 0.0556. The van der Waals surface area contributed by atoms with Gasteiger partial charge in [0.1, 0.15) is 16.5 Å². The van der Waals surface area contributed by atoms with Crippen LogP contribution in [0.2, 0.25) is 5.15 Å². The highest BCUT2D eigenvalue weighted by Gasteiger charge is 2.18. The predicted octanol–water partition coefficient (Wildman–Crippen LogP) is 2.84. The number of hydrogen-bond acceptors (Lipinski definition) is 7. The lowest BCUT2D eigenvalue weighted by molar-refractivity contribution is 0.601. The molecule has 1 N–H and O–H groups in total. The molecule has 3 aromatic heterocycles. The third-order valence-corrected chi connectivity index (χ3v) is 5.42. The van der Waals surface area contributed by atoms with Crippen molar-refractivity contribution in [2.75, 3.05) is 4.72 Å². The van der Waals surface area contributed by atoms with E-state index in [2.05, 4.69) is 31.4 Å². The van der Waals surface area contributed by atoms with E-state index in [0.29, 0.717) is 17.1 Å². The highest BCUT2D eigenvalue weighted by atomic mass is 35.5. The molecule has 0 saturated heterocycles. The van der Waals surface area contributed by atoms with E-state index in [0.717, 1.165) is 0 Å². The molecule has 3 heterocycles. The first kappa shape index (κ1) is 20.2. The fourth-order valence-corrected chi connectivity index (χ4v) is 3.58. The number of rotatable bonds is 6. The van der Waals surface area contributed by atoms with E-state index in [4.69, 9.17) is 11.6 Å². The zero-order chi connectivity index (χ0) is 21.0. The Hall–Kier alpha value is -3.55. The number of aromatic nitrogens is 4. The van der Waals surface area contributed by atoms with Crippen LogP contribution in [0.1, 0.15) is 11.1 Å². The molecular weight excluding hydrogens is 414 g/mol. The Morgan fingerprint density at radius 1 is 1.41 bits per heavy atom. The first-order chi connectivity index (χ1) is 13.9. The van der Waals surface area contributed by atoms with Crippen molar-refractivity contribution in [3.63, 3.8) is 0 Å². The van der Waals surface area contributed by atoms with E-state index >= 15 is 0 Å². The van der Waals surface area contributed by atoms with Gasteiger partial charge in [-0.3, -0.25) is 9.71 Å². The van der Waals surface area contributed by atoms with Crippen LogP contribution in [0.5, 0.6) is 0 Å². The summed E-state index contributed by atoms with van der Waals surface area (Å²) in [7, 11) is -2.27. The van der Waals surface area contributed by atoms with Gasteiger partial charge in [0.05, 0.1) is 17.6 Å². The van der Waals surface area contributed by atoms with Gasteiger partial charge in [0, 0.05) is 31.2 Å². The third-order valence-electron chi connectivity index (χ3n) is 3.77. The molecule has 0 atom stereocenters. The summed E-state index contributed by atoms with van der Waals surface area (Å²) in [5, 5.41) is 13.2. The smallest absolute Gasteiger partial charge is 0.263 e. The van der Waals surface area contributed by atoms with Crippen LogP contribution in [0.4, 0.5) is 11.5 Å². The summed E-state index contributed by atoms with van der Waals surface area (Å²) in [6.07, 6.45) is 6.96. The van der Waals surface area contributed by atoms with Crippen molar-refractivity contribution in [1.82, 2.24) is 19.7 Å². The first-order valence-corrected chi connectivity index (χ1v) is 9.94. The number of halogens is 1. The molecule has 0 radical (unpaired) electrons. The van der Waals surface area contributed by atoms with Crippen molar-refractivity contribution in [2.45, 2.75) is 4.90 Å². The van der Waals surface area contributed by atoms with Gasteiger partial charge >= 0.3 is 0 Å². The van der Waals surface area contributed by atoms with Gasteiger partial charge in [0.25, 0.3) is 10.0 Å². The zero-order valence-electron chi connectivity index (χ0n) is 15.1. The number of nitrogens with zero attached hydrogens (tertiary/aromatic N) is 6. The van der Waals surface area contributed by atoms with Crippen molar-refractivity contribution in [1.29, 1.82) is 5.26 Å². The van der Waals surface area contributed by atoms with Crippen LogP contribution in [-0.2, 0) is 17.1 Å². The van der Waals surface area contributed by atoms with E-state index in [1.165, 1.54) is 53.7 Å². The molecule has 3 rings (SSSR count). The molecule has 0 aliphatic carbocycles. The van der Waals surface area contributed by atoms with E-state index in [1.54, 1.807) is 7.05 Å². The maximum Gasteiger partial charge on any atom is 0.263 e. The topological polar surface area (TPSA) is 126 Å². The van der Waals surface area contributed by atoms with E-state index in [-0.39, 0.29) is 21.3 Å². The van der Waals surface area contributed by atoms with Crippen LogP contribution in [0.15, 0.2) is 65.5 Å². The van der Waals surface area contributed by atoms with Crippen LogP contribution in [0.3, 0.4) is 0 Å². The minimum absolute atomic E-state index is 0.0207. The fourth-order valence-electron chi connectivity index (χ4n) is 2.35. The van der Waals surface area contributed by atoms with Crippen molar-refractivity contribution >= 4 is 38.8 Å². The van der Waals surface area contributed by atoms with E-state index < -0.39 is 10.0 Å². The summed E-state index contributed by atoms with van der Waals surface area (Å²) in [6.45, 7) is 3.73. The van der Waals surface area contributed by atoms with Gasteiger partial charge in [-0.25, -0.2) is 23.1 Å². The van der Waals surface area contributed by atoms with Crippen molar-refractivity contribution in [3.05, 3.63) is 71.9 Å². The number of anilines is 1. The number of aliphatic imine (C=N–C) groups is 1. The second-order valence-corrected chi connectivity index (χ2v) is 7.72. The third kappa shape index (κ3) is 4.31. The number of hydrogen-bond donors (Lipinski definition) is 1. The Labute approximate surface area is 172 Å². The van der Waals surface area contributed by atoms with Gasteiger partial charge in [-0.15, -0.1) is 0 Å². The molecular formula is C18H14ClN7O2S. The van der Waals surface area contributed by atoms with E-state index in [1.807, 2.05) is 6.07 Å². The number of pyridine rings is 2. The summed E-state index contributed by atoms with van der Waals surface area (Å²) >= 11 is 6.08.